The van der Waals surface area contributed by atoms with Crippen LogP contribution in [0, 0.1) is 6.92 Å². The van der Waals surface area contributed by atoms with Gasteiger partial charge in [0, 0.05) is 23.3 Å². The quantitative estimate of drug-likeness (QED) is 0.799. The van der Waals surface area contributed by atoms with Gasteiger partial charge in [0.05, 0.1) is 14.2 Å². The van der Waals surface area contributed by atoms with Gasteiger partial charge in [-0.2, -0.15) is 5.10 Å². The molecule has 0 radical (unpaired) electrons. The summed E-state index contributed by atoms with van der Waals surface area (Å²) in [5.41, 5.74) is 3.00. The largest absolute Gasteiger partial charge is 0.493 e. The number of amides is 1. The van der Waals surface area contributed by atoms with E-state index in [0.717, 1.165) is 16.8 Å². The van der Waals surface area contributed by atoms with Crippen LogP contribution in [-0.2, 0) is 4.79 Å². The lowest BCUT2D eigenvalue weighted by Gasteiger charge is -2.07. The molecule has 24 heavy (non-hydrogen) atoms. The first-order chi connectivity index (χ1) is 11.6. The average Bonchev–Trinajstić information content (AvgIpc) is 3.38. The van der Waals surface area contributed by atoms with E-state index in [2.05, 4.69) is 15.5 Å². The number of hydrogen-bond donors (Lipinski definition) is 2. The normalized spacial score (nSPS) is 14.0. The van der Waals surface area contributed by atoms with Crippen LogP contribution in [0.3, 0.4) is 0 Å². The van der Waals surface area contributed by atoms with E-state index in [1.165, 1.54) is 18.9 Å². The molecule has 1 amide bonds. The lowest BCUT2D eigenvalue weighted by atomic mass is 10.2. The second-order valence-corrected chi connectivity index (χ2v) is 5.82. The van der Waals surface area contributed by atoms with Gasteiger partial charge in [-0.3, -0.25) is 9.89 Å². The highest BCUT2D eigenvalue weighted by molar-refractivity contribution is 6.01. The van der Waals surface area contributed by atoms with Crippen LogP contribution in [0.4, 0.5) is 5.82 Å². The Morgan fingerprint density at radius 3 is 2.71 bits per heavy atom. The lowest BCUT2D eigenvalue weighted by molar-refractivity contribution is -0.111. The molecule has 0 aliphatic heterocycles. The molecule has 0 saturated heterocycles. The van der Waals surface area contributed by atoms with Gasteiger partial charge in [-0.15, -0.1) is 0 Å². The maximum atomic E-state index is 12.1. The maximum Gasteiger partial charge on any atom is 0.249 e. The van der Waals surface area contributed by atoms with E-state index < -0.39 is 0 Å². The van der Waals surface area contributed by atoms with Crippen LogP contribution in [0.5, 0.6) is 11.5 Å². The fraction of sp³-hybridized carbons (Fsp3) is 0.333. The molecule has 3 rings (SSSR count). The highest BCUT2D eigenvalue weighted by Crippen LogP contribution is 2.41. The molecule has 1 aliphatic carbocycles. The molecule has 0 atom stereocenters. The van der Waals surface area contributed by atoms with Crippen molar-refractivity contribution in [2.75, 3.05) is 19.5 Å². The topological polar surface area (TPSA) is 76.2 Å². The molecule has 1 aromatic carbocycles. The third kappa shape index (κ3) is 3.42. The van der Waals surface area contributed by atoms with Crippen molar-refractivity contribution in [3.63, 3.8) is 0 Å². The number of carbonyl (C=O) groups is 1. The van der Waals surface area contributed by atoms with Crippen molar-refractivity contribution in [1.29, 1.82) is 0 Å². The molecule has 1 saturated carbocycles. The number of nitrogens with one attached hydrogen (secondary N) is 2. The molecule has 0 spiro atoms. The number of H-pyrrole nitrogens is 1. The number of methoxy groups -OCH3 is 2. The number of ether oxygens (including phenoxy) is 2. The van der Waals surface area contributed by atoms with E-state index >= 15 is 0 Å². The number of hydrogen-bond acceptors (Lipinski definition) is 4. The van der Waals surface area contributed by atoms with Crippen molar-refractivity contribution < 1.29 is 14.3 Å². The number of rotatable bonds is 6. The van der Waals surface area contributed by atoms with Crippen LogP contribution in [-0.4, -0.2) is 30.3 Å². The summed E-state index contributed by atoms with van der Waals surface area (Å²) in [5, 5.41) is 10.0. The van der Waals surface area contributed by atoms with Gasteiger partial charge in [0.15, 0.2) is 17.3 Å². The summed E-state index contributed by atoms with van der Waals surface area (Å²) < 4.78 is 10.4. The zero-order valence-corrected chi connectivity index (χ0v) is 14.1. The van der Waals surface area contributed by atoms with Crippen molar-refractivity contribution in [3.05, 3.63) is 41.1 Å². The van der Waals surface area contributed by atoms with E-state index in [4.69, 9.17) is 9.47 Å². The van der Waals surface area contributed by atoms with Crippen LogP contribution in [0.15, 0.2) is 24.3 Å². The minimum atomic E-state index is -0.221. The van der Waals surface area contributed by atoms with E-state index in [1.807, 2.05) is 19.1 Å². The highest BCUT2D eigenvalue weighted by Gasteiger charge is 2.28. The van der Waals surface area contributed by atoms with Gasteiger partial charge >= 0.3 is 0 Å². The number of nitrogens with zero attached hydrogens (tertiary/aromatic N) is 1. The molecule has 1 heterocycles. The lowest BCUT2D eigenvalue weighted by Crippen LogP contribution is -2.09. The van der Waals surface area contributed by atoms with Crippen LogP contribution in [0.25, 0.3) is 6.08 Å². The third-order valence-corrected chi connectivity index (χ3v) is 4.11. The molecule has 6 heteroatoms. The molecule has 1 aromatic heterocycles. The van der Waals surface area contributed by atoms with Crippen molar-refractivity contribution in [3.8, 4) is 11.5 Å². The van der Waals surface area contributed by atoms with Gasteiger partial charge in [0.1, 0.15) is 0 Å². The molecule has 0 bridgehead atoms. The van der Waals surface area contributed by atoms with Crippen LogP contribution in [0.2, 0.25) is 0 Å². The molecule has 2 N–H and O–H groups in total. The molecular formula is C18H21N3O3. The Hall–Kier alpha value is -2.76. The summed E-state index contributed by atoms with van der Waals surface area (Å²) in [7, 11) is 3.17. The highest BCUT2D eigenvalue weighted by atomic mass is 16.5. The van der Waals surface area contributed by atoms with Gasteiger partial charge in [-0.25, -0.2) is 0 Å². The Balaban J connectivity index is 1.67. The summed E-state index contributed by atoms with van der Waals surface area (Å²) in [4.78, 5) is 12.1. The smallest absolute Gasteiger partial charge is 0.249 e. The molecule has 1 aliphatic rings. The van der Waals surface area contributed by atoms with Gasteiger partial charge in [-0.05, 0) is 43.5 Å². The second-order valence-electron chi connectivity index (χ2n) is 5.82. The zero-order valence-electron chi connectivity index (χ0n) is 14.1. The predicted molar refractivity (Wildman–Crippen MR) is 92.5 cm³/mol. The summed E-state index contributed by atoms with van der Waals surface area (Å²) in [6.45, 7) is 1.98. The SMILES string of the molecule is COc1ccc(C=CC(=O)Nc2n[nH]c(C3CC3)c2C)cc1OC. The Morgan fingerprint density at radius 1 is 1.29 bits per heavy atom. The summed E-state index contributed by atoms with van der Waals surface area (Å²) in [6, 6.07) is 5.47. The monoisotopic (exact) mass is 327 g/mol. The summed E-state index contributed by atoms with van der Waals surface area (Å²) in [6.07, 6.45) is 5.58. The molecule has 6 nitrogen and oxygen atoms in total. The van der Waals surface area contributed by atoms with Gasteiger partial charge in [0.25, 0.3) is 0 Å². The zero-order chi connectivity index (χ0) is 17.1. The number of carbonyl (C=O) groups excluding carboxylic acids is 1. The van der Waals surface area contributed by atoms with Gasteiger partial charge in [0.2, 0.25) is 5.91 Å². The molecular weight excluding hydrogens is 306 g/mol. The Kier molecular flexibility index (Phi) is 4.55. The number of benzene rings is 1. The molecule has 1 fully saturated rings. The first kappa shape index (κ1) is 16.1. The maximum absolute atomic E-state index is 12.1. The number of aromatic nitrogens is 2. The standard InChI is InChI=1S/C18H21N3O3/c1-11-17(13-6-7-13)20-21-18(11)19-16(22)9-5-12-4-8-14(23-2)15(10-12)24-3/h4-5,8-10,13H,6-7H2,1-3H3,(H2,19,20,21,22). The summed E-state index contributed by atoms with van der Waals surface area (Å²) >= 11 is 0. The van der Waals surface area contributed by atoms with Crippen molar-refractivity contribution in [1.82, 2.24) is 10.2 Å². The Morgan fingerprint density at radius 2 is 2.04 bits per heavy atom. The fourth-order valence-electron chi connectivity index (χ4n) is 2.59. The molecule has 126 valence electrons. The molecule has 0 unspecified atom stereocenters. The van der Waals surface area contributed by atoms with Crippen LogP contribution in [0.1, 0.15) is 35.6 Å². The molecule has 2 aromatic rings. The van der Waals surface area contributed by atoms with Crippen molar-refractivity contribution in [2.45, 2.75) is 25.7 Å². The Bertz CT molecular complexity index is 776. The number of anilines is 1. The van der Waals surface area contributed by atoms with Crippen LogP contribution < -0.4 is 14.8 Å². The first-order valence-electron chi connectivity index (χ1n) is 7.88. The van der Waals surface area contributed by atoms with Crippen molar-refractivity contribution in [2.24, 2.45) is 0 Å². The minimum Gasteiger partial charge on any atom is -0.493 e. The first-order valence-corrected chi connectivity index (χ1v) is 7.88. The van der Waals surface area contributed by atoms with E-state index in [0.29, 0.717) is 23.2 Å². The third-order valence-electron chi connectivity index (χ3n) is 4.11. The van der Waals surface area contributed by atoms with Gasteiger partial charge in [-0.1, -0.05) is 6.07 Å². The van der Waals surface area contributed by atoms with Crippen molar-refractivity contribution >= 4 is 17.8 Å². The average molecular weight is 327 g/mol. The van der Waals surface area contributed by atoms with E-state index in [9.17, 15) is 4.79 Å². The van der Waals surface area contributed by atoms with E-state index in [-0.39, 0.29) is 5.91 Å². The van der Waals surface area contributed by atoms with Gasteiger partial charge < -0.3 is 14.8 Å². The predicted octanol–water partition coefficient (Wildman–Crippen LogP) is 3.26. The second kappa shape index (κ2) is 6.78. The summed E-state index contributed by atoms with van der Waals surface area (Å²) in [5.74, 6) is 2.22. The number of aromatic amines is 1. The Labute approximate surface area is 140 Å². The van der Waals surface area contributed by atoms with Crippen LogP contribution >= 0.6 is 0 Å². The minimum absolute atomic E-state index is 0.221. The van der Waals surface area contributed by atoms with E-state index in [1.54, 1.807) is 26.4 Å². The fourth-order valence-corrected chi connectivity index (χ4v) is 2.59.